The summed E-state index contributed by atoms with van der Waals surface area (Å²) in [5.41, 5.74) is -0.690. The van der Waals surface area contributed by atoms with E-state index in [0.717, 1.165) is 30.7 Å². The first-order valence-electron chi connectivity index (χ1n) is 9.13. The maximum absolute atomic E-state index is 12.4. The Labute approximate surface area is 155 Å². The minimum Gasteiger partial charge on any atom is -0.462 e. The van der Waals surface area contributed by atoms with Gasteiger partial charge in [0.1, 0.15) is 17.7 Å². The van der Waals surface area contributed by atoms with Crippen LogP contribution in [0.2, 0.25) is 0 Å². The van der Waals surface area contributed by atoms with Gasteiger partial charge in [0.2, 0.25) is 0 Å². The summed E-state index contributed by atoms with van der Waals surface area (Å²) in [6.07, 6.45) is 4.46. The topological polar surface area (TPSA) is 94.2 Å². The van der Waals surface area contributed by atoms with E-state index in [0.29, 0.717) is 0 Å². The highest BCUT2D eigenvalue weighted by Gasteiger charge is 2.28. The van der Waals surface area contributed by atoms with Gasteiger partial charge in [0.05, 0.1) is 7.11 Å². The minimum absolute atomic E-state index is 0.0280. The van der Waals surface area contributed by atoms with Crippen LogP contribution in [-0.2, 0) is 23.9 Å². The van der Waals surface area contributed by atoms with Crippen LogP contribution in [0.3, 0.4) is 0 Å². The van der Waals surface area contributed by atoms with Crippen LogP contribution in [0.1, 0.15) is 65.7 Å². The maximum atomic E-state index is 12.4. The molecule has 0 bridgehead atoms. The Kier molecular flexibility index (Phi) is 8.84. The molecule has 1 atom stereocenters. The molecule has 8 nitrogen and oxygen atoms in total. The molecule has 2 amide bonds. The molecule has 8 heteroatoms. The Bertz CT molecular complexity index is 483. The molecular formula is C18H32N2O6. The van der Waals surface area contributed by atoms with Crippen molar-refractivity contribution < 1.29 is 28.7 Å². The molecule has 0 radical (unpaired) electrons. The number of nitrogens with zero attached hydrogens (tertiary/aromatic N) is 1. The number of rotatable bonds is 7. The first kappa shape index (κ1) is 22.2. The number of hydrogen-bond acceptors (Lipinski definition) is 6. The molecule has 0 saturated heterocycles. The second-order valence-corrected chi connectivity index (χ2v) is 7.51. The minimum atomic E-state index is -0.936. The van der Waals surface area contributed by atoms with E-state index in [2.05, 4.69) is 5.32 Å². The van der Waals surface area contributed by atoms with Crippen molar-refractivity contribution in [1.82, 2.24) is 10.4 Å². The number of likely N-dealkylation sites (N-methyl/N-ethyl adjacent to an activating group) is 1. The summed E-state index contributed by atoms with van der Waals surface area (Å²) in [4.78, 5) is 41.3. The Morgan fingerprint density at radius 1 is 1.15 bits per heavy atom. The van der Waals surface area contributed by atoms with Gasteiger partial charge in [0.25, 0.3) is 5.91 Å². The molecule has 1 saturated carbocycles. The fourth-order valence-corrected chi connectivity index (χ4v) is 2.71. The van der Waals surface area contributed by atoms with Crippen molar-refractivity contribution in [3.8, 4) is 0 Å². The van der Waals surface area contributed by atoms with E-state index < -0.39 is 23.6 Å². The van der Waals surface area contributed by atoms with Crippen molar-refractivity contribution >= 4 is 18.0 Å². The van der Waals surface area contributed by atoms with Crippen molar-refractivity contribution in [2.24, 2.45) is 0 Å². The molecule has 1 rings (SSSR count). The molecular weight excluding hydrogens is 340 g/mol. The highest BCUT2D eigenvalue weighted by molar-refractivity contribution is 5.85. The summed E-state index contributed by atoms with van der Waals surface area (Å²) < 4.78 is 10.6. The van der Waals surface area contributed by atoms with E-state index in [9.17, 15) is 14.4 Å². The lowest BCUT2D eigenvalue weighted by molar-refractivity contribution is -0.171. The van der Waals surface area contributed by atoms with E-state index in [1.807, 2.05) is 0 Å². The number of hydroxylamine groups is 2. The highest BCUT2D eigenvalue weighted by atomic mass is 16.7. The molecule has 1 N–H and O–H groups in total. The Balaban J connectivity index is 2.59. The fourth-order valence-electron chi connectivity index (χ4n) is 2.71. The third kappa shape index (κ3) is 8.51. The molecule has 0 aromatic heterocycles. The third-order valence-electron chi connectivity index (χ3n) is 4.06. The lowest BCUT2D eigenvalue weighted by Crippen LogP contribution is -2.48. The molecule has 1 aliphatic rings. The average molecular weight is 372 g/mol. The maximum Gasteiger partial charge on any atom is 0.408 e. The van der Waals surface area contributed by atoms with E-state index in [1.165, 1.54) is 20.6 Å². The molecule has 0 aromatic carbocycles. The van der Waals surface area contributed by atoms with Gasteiger partial charge < -0.3 is 14.8 Å². The molecule has 1 aliphatic carbocycles. The van der Waals surface area contributed by atoms with Crippen molar-refractivity contribution in [3.63, 3.8) is 0 Å². The monoisotopic (exact) mass is 372 g/mol. The van der Waals surface area contributed by atoms with Crippen molar-refractivity contribution in [2.75, 3.05) is 14.2 Å². The van der Waals surface area contributed by atoms with Gasteiger partial charge in [-0.15, -0.1) is 0 Å². The number of amides is 2. The van der Waals surface area contributed by atoms with Gasteiger partial charge in [-0.25, -0.2) is 9.86 Å². The number of esters is 1. The van der Waals surface area contributed by atoms with Gasteiger partial charge in [-0.2, -0.15) is 0 Å². The van der Waals surface area contributed by atoms with Crippen molar-refractivity contribution in [3.05, 3.63) is 0 Å². The van der Waals surface area contributed by atoms with Crippen molar-refractivity contribution in [1.29, 1.82) is 0 Å². The smallest absolute Gasteiger partial charge is 0.408 e. The zero-order valence-corrected chi connectivity index (χ0v) is 16.5. The zero-order chi connectivity index (χ0) is 19.7. The predicted octanol–water partition coefficient (Wildman–Crippen LogP) is 2.56. The summed E-state index contributed by atoms with van der Waals surface area (Å²) in [6.45, 7) is 5.19. The van der Waals surface area contributed by atoms with Gasteiger partial charge in [0.15, 0.2) is 0 Å². The molecule has 0 aromatic rings. The normalized spacial score (nSPS) is 16.5. The SMILES string of the molecule is CON(C)C(=O)[C@H](CCC(=O)OC1CCCCC1)NC(=O)OC(C)(C)C. The van der Waals surface area contributed by atoms with Gasteiger partial charge in [-0.3, -0.25) is 14.4 Å². The predicted molar refractivity (Wildman–Crippen MR) is 95.1 cm³/mol. The summed E-state index contributed by atoms with van der Waals surface area (Å²) in [6, 6.07) is -0.936. The standard InChI is InChI=1S/C18H32N2O6/c1-18(2,3)26-17(23)19-14(16(22)20(4)24-5)11-12-15(21)25-13-9-7-6-8-10-13/h13-14H,6-12H2,1-5H3,(H,19,23)/t14-/m0/s1. The van der Waals surface area contributed by atoms with Crippen molar-refractivity contribution in [2.45, 2.75) is 83.5 Å². The molecule has 150 valence electrons. The Hall–Kier alpha value is -1.83. The lowest BCUT2D eigenvalue weighted by Gasteiger charge is -2.26. The quantitative estimate of drug-likeness (QED) is 0.545. The molecule has 0 unspecified atom stereocenters. The lowest BCUT2D eigenvalue weighted by atomic mass is 9.98. The van der Waals surface area contributed by atoms with Crippen LogP contribution < -0.4 is 5.32 Å². The average Bonchev–Trinajstić information content (AvgIpc) is 2.56. The van der Waals surface area contributed by atoms with Crippen LogP contribution in [0.4, 0.5) is 4.79 Å². The number of nitrogens with one attached hydrogen (secondary N) is 1. The van der Waals surface area contributed by atoms with Crippen LogP contribution >= 0.6 is 0 Å². The molecule has 1 fully saturated rings. The van der Waals surface area contributed by atoms with Gasteiger partial charge in [-0.05, 0) is 52.9 Å². The molecule has 0 aliphatic heterocycles. The number of alkyl carbamates (subject to hydrolysis) is 1. The number of carbonyl (C=O) groups excluding carboxylic acids is 3. The zero-order valence-electron chi connectivity index (χ0n) is 16.5. The number of carbonyl (C=O) groups is 3. The molecule has 0 spiro atoms. The summed E-state index contributed by atoms with van der Waals surface area (Å²) in [5, 5.41) is 3.52. The van der Waals surface area contributed by atoms with E-state index in [-0.39, 0.29) is 24.9 Å². The van der Waals surface area contributed by atoms with Gasteiger partial charge >= 0.3 is 12.1 Å². The van der Waals surface area contributed by atoms with Crippen LogP contribution in [0.25, 0.3) is 0 Å². The van der Waals surface area contributed by atoms with Crippen LogP contribution in [0.5, 0.6) is 0 Å². The van der Waals surface area contributed by atoms with E-state index >= 15 is 0 Å². The van der Waals surface area contributed by atoms with Gasteiger partial charge in [-0.1, -0.05) is 6.42 Å². The number of ether oxygens (including phenoxy) is 2. The van der Waals surface area contributed by atoms with Gasteiger partial charge in [0, 0.05) is 13.5 Å². The second kappa shape index (κ2) is 10.4. The van der Waals surface area contributed by atoms with Crippen LogP contribution in [0.15, 0.2) is 0 Å². The second-order valence-electron chi connectivity index (χ2n) is 7.51. The summed E-state index contributed by atoms with van der Waals surface area (Å²) in [5.74, 6) is -0.829. The third-order valence-corrected chi connectivity index (χ3v) is 4.06. The Morgan fingerprint density at radius 3 is 2.31 bits per heavy atom. The highest BCUT2D eigenvalue weighted by Crippen LogP contribution is 2.21. The molecule has 26 heavy (non-hydrogen) atoms. The fraction of sp³-hybridized carbons (Fsp3) is 0.833. The number of hydrogen-bond donors (Lipinski definition) is 1. The largest absolute Gasteiger partial charge is 0.462 e. The summed E-state index contributed by atoms with van der Waals surface area (Å²) in [7, 11) is 2.78. The Morgan fingerprint density at radius 2 is 1.77 bits per heavy atom. The summed E-state index contributed by atoms with van der Waals surface area (Å²) >= 11 is 0. The molecule has 0 heterocycles. The van der Waals surface area contributed by atoms with Crippen LogP contribution in [-0.4, -0.2) is 54.9 Å². The van der Waals surface area contributed by atoms with Crippen LogP contribution in [0, 0.1) is 0 Å². The van der Waals surface area contributed by atoms with E-state index in [4.69, 9.17) is 14.3 Å². The first-order valence-corrected chi connectivity index (χ1v) is 9.13. The van der Waals surface area contributed by atoms with E-state index in [1.54, 1.807) is 20.8 Å². The first-order chi connectivity index (χ1) is 12.1.